The fourth-order valence-electron chi connectivity index (χ4n) is 2.37. The van der Waals surface area contributed by atoms with Crippen molar-refractivity contribution >= 4 is 28.6 Å². The van der Waals surface area contributed by atoms with Crippen LogP contribution >= 0.6 is 11.3 Å². The second-order valence-corrected chi connectivity index (χ2v) is 6.09. The second-order valence-electron chi connectivity index (χ2n) is 5.14. The number of rotatable bonds is 5. The molecule has 4 nitrogen and oxygen atoms in total. The Morgan fingerprint density at radius 3 is 3.00 bits per heavy atom. The number of halogens is 1. The van der Waals surface area contributed by atoms with Crippen LogP contribution in [-0.2, 0) is 4.74 Å². The van der Waals surface area contributed by atoms with Crippen LogP contribution in [0.3, 0.4) is 0 Å². The van der Waals surface area contributed by atoms with Gasteiger partial charge in [-0.25, -0.2) is 4.39 Å². The normalized spacial score (nSPS) is 17.4. The molecule has 2 aromatic rings. The lowest BCUT2D eigenvalue weighted by Crippen LogP contribution is -2.19. The molecule has 0 spiro atoms. The molecule has 0 saturated carbocycles. The molecule has 1 saturated heterocycles. The van der Waals surface area contributed by atoms with Crippen LogP contribution < -0.4 is 10.6 Å². The minimum Gasteiger partial charge on any atom is -0.380 e. The molecule has 2 heterocycles. The average molecular weight is 320 g/mol. The number of nitrogens with one attached hydrogen (secondary N) is 2. The summed E-state index contributed by atoms with van der Waals surface area (Å²) in [6, 6.07) is 8.18. The standard InChI is InChI=1S/C16H17FN2O2S/c17-13-9-11(19-16(20)15-4-2-8-22-15)5-6-14(13)18-10-12-3-1-7-21-12/h2,4-6,8-9,12,18H,1,3,7,10H2,(H,19,20)/t12-/m0/s1. The number of anilines is 2. The monoisotopic (exact) mass is 320 g/mol. The smallest absolute Gasteiger partial charge is 0.265 e. The summed E-state index contributed by atoms with van der Waals surface area (Å²) in [7, 11) is 0. The summed E-state index contributed by atoms with van der Waals surface area (Å²) in [4.78, 5) is 12.5. The molecule has 22 heavy (non-hydrogen) atoms. The number of thiophene rings is 1. The van der Waals surface area contributed by atoms with Crippen LogP contribution in [0.15, 0.2) is 35.7 Å². The summed E-state index contributed by atoms with van der Waals surface area (Å²) in [6.45, 7) is 1.38. The van der Waals surface area contributed by atoms with Crippen molar-refractivity contribution in [3.63, 3.8) is 0 Å². The van der Waals surface area contributed by atoms with Gasteiger partial charge in [0.05, 0.1) is 16.7 Å². The molecule has 1 aliphatic heterocycles. The number of hydrogen-bond acceptors (Lipinski definition) is 4. The molecule has 1 aliphatic rings. The third-order valence-corrected chi connectivity index (χ3v) is 4.38. The van der Waals surface area contributed by atoms with Gasteiger partial charge in [-0.2, -0.15) is 0 Å². The Bertz CT molecular complexity index is 640. The van der Waals surface area contributed by atoms with E-state index < -0.39 is 0 Å². The van der Waals surface area contributed by atoms with E-state index in [9.17, 15) is 9.18 Å². The molecule has 1 aromatic carbocycles. The molecular weight excluding hydrogens is 303 g/mol. The zero-order chi connectivity index (χ0) is 15.4. The highest BCUT2D eigenvalue weighted by Gasteiger charge is 2.16. The van der Waals surface area contributed by atoms with Crippen molar-refractivity contribution in [3.8, 4) is 0 Å². The van der Waals surface area contributed by atoms with Crippen LogP contribution in [0.2, 0.25) is 0 Å². The number of ether oxygens (including phenoxy) is 1. The number of amides is 1. The van der Waals surface area contributed by atoms with Gasteiger partial charge in [-0.15, -0.1) is 11.3 Å². The minimum absolute atomic E-state index is 0.151. The molecular formula is C16H17FN2O2S. The van der Waals surface area contributed by atoms with Crippen molar-refractivity contribution < 1.29 is 13.9 Å². The first-order chi connectivity index (χ1) is 10.7. The third-order valence-electron chi connectivity index (χ3n) is 3.52. The van der Waals surface area contributed by atoms with Crippen LogP contribution in [0, 0.1) is 5.82 Å². The van der Waals surface area contributed by atoms with Gasteiger partial charge in [0.2, 0.25) is 0 Å². The molecule has 0 radical (unpaired) electrons. The molecule has 1 fully saturated rings. The first kappa shape index (κ1) is 15.0. The van der Waals surface area contributed by atoms with E-state index in [1.807, 2.05) is 5.38 Å². The maximum atomic E-state index is 14.1. The average Bonchev–Trinajstić information content (AvgIpc) is 3.20. The first-order valence-corrected chi connectivity index (χ1v) is 8.10. The van der Waals surface area contributed by atoms with E-state index in [1.165, 1.54) is 17.4 Å². The topological polar surface area (TPSA) is 50.4 Å². The largest absolute Gasteiger partial charge is 0.380 e. The quantitative estimate of drug-likeness (QED) is 0.882. The Morgan fingerprint density at radius 2 is 2.32 bits per heavy atom. The van der Waals surface area contributed by atoms with E-state index in [2.05, 4.69) is 10.6 Å². The predicted octanol–water partition coefficient (Wildman–Crippen LogP) is 3.73. The van der Waals surface area contributed by atoms with Gasteiger partial charge in [-0.1, -0.05) is 6.07 Å². The molecule has 2 N–H and O–H groups in total. The molecule has 0 unspecified atom stereocenters. The first-order valence-electron chi connectivity index (χ1n) is 7.22. The maximum Gasteiger partial charge on any atom is 0.265 e. The van der Waals surface area contributed by atoms with Crippen molar-refractivity contribution in [1.82, 2.24) is 0 Å². The van der Waals surface area contributed by atoms with E-state index in [1.54, 1.807) is 24.3 Å². The van der Waals surface area contributed by atoms with Gasteiger partial charge in [0.15, 0.2) is 0 Å². The number of carbonyl (C=O) groups is 1. The molecule has 0 aliphatic carbocycles. The molecule has 116 valence electrons. The van der Waals surface area contributed by atoms with Gasteiger partial charge >= 0.3 is 0 Å². The highest BCUT2D eigenvalue weighted by molar-refractivity contribution is 7.12. The van der Waals surface area contributed by atoms with Gasteiger partial charge in [0, 0.05) is 18.8 Å². The highest BCUT2D eigenvalue weighted by Crippen LogP contribution is 2.21. The lowest BCUT2D eigenvalue weighted by molar-refractivity contribution is 0.103. The van der Waals surface area contributed by atoms with Crippen LogP contribution in [0.4, 0.5) is 15.8 Å². The predicted molar refractivity (Wildman–Crippen MR) is 86.1 cm³/mol. The number of carbonyl (C=O) groups excluding carboxylic acids is 1. The summed E-state index contributed by atoms with van der Waals surface area (Å²) in [5, 5.41) is 7.57. The van der Waals surface area contributed by atoms with Gasteiger partial charge in [0.1, 0.15) is 5.82 Å². The van der Waals surface area contributed by atoms with Gasteiger partial charge in [-0.05, 0) is 42.5 Å². The molecule has 6 heteroatoms. The number of hydrogen-bond donors (Lipinski definition) is 2. The van der Waals surface area contributed by atoms with Crippen molar-refractivity contribution in [2.24, 2.45) is 0 Å². The Balaban J connectivity index is 1.60. The Hall–Kier alpha value is -1.92. The summed E-state index contributed by atoms with van der Waals surface area (Å²) in [6.07, 6.45) is 2.21. The molecule has 0 bridgehead atoms. The van der Waals surface area contributed by atoms with E-state index in [0.29, 0.717) is 22.8 Å². The van der Waals surface area contributed by atoms with Crippen LogP contribution in [0.1, 0.15) is 22.5 Å². The maximum absolute atomic E-state index is 14.1. The summed E-state index contributed by atoms with van der Waals surface area (Å²) in [5.74, 6) is -0.614. The van der Waals surface area contributed by atoms with Crippen molar-refractivity contribution in [3.05, 3.63) is 46.4 Å². The summed E-state index contributed by atoms with van der Waals surface area (Å²) >= 11 is 1.35. The number of benzene rings is 1. The van der Waals surface area contributed by atoms with E-state index >= 15 is 0 Å². The van der Waals surface area contributed by atoms with Crippen molar-refractivity contribution in [2.75, 3.05) is 23.8 Å². The highest BCUT2D eigenvalue weighted by atomic mass is 32.1. The zero-order valence-electron chi connectivity index (χ0n) is 12.0. The zero-order valence-corrected chi connectivity index (χ0v) is 12.8. The van der Waals surface area contributed by atoms with Gasteiger partial charge in [-0.3, -0.25) is 4.79 Å². The Morgan fingerprint density at radius 1 is 1.41 bits per heavy atom. The fraction of sp³-hybridized carbons (Fsp3) is 0.312. The Labute approximate surface area is 132 Å². The molecule has 1 aromatic heterocycles. The lowest BCUT2D eigenvalue weighted by atomic mass is 10.2. The summed E-state index contributed by atoms with van der Waals surface area (Å²) in [5.41, 5.74) is 0.864. The lowest BCUT2D eigenvalue weighted by Gasteiger charge is -2.13. The molecule has 3 rings (SSSR count). The minimum atomic E-state index is -0.387. The van der Waals surface area contributed by atoms with Gasteiger partial charge in [0.25, 0.3) is 5.91 Å². The molecule has 1 atom stereocenters. The third kappa shape index (κ3) is 3.64. The van der Waals surface area contributed by atoms with E-state index in [-0.39, 0.29) is 17.8 Å². The van der Waals surface area contributed by atoms with Crippen LogP contribution in [-0.4, -0.2) is 25.2 Å². The Kier molecular flexibility index (Phi) is 4.70. The van der Waals surface area contributed by atoms with Crippen LogP contribution in [0.25, 0.3) is 0 Å². The summed E-state index contributed by atoms with van der Waals surface area (Å²) < 4.78 is 19.6. The van der Waals surface area contributed by atoms with E-state index in [4.69, 9.17) is 4.74 Å². The van der Waals surface area contributed by atoms with Crippen molar-refractivity contribution in [2.45, 2.75) is 18.9 Å². The SMILES string of the molecule is O=C(Nc1ccc(NC[C@@H]2CCCO2)c(F)c1)c1cccs1. The van der Waals surface area contributed by atoms with Crippen molar-refractivity contribution in [1.29, 1.82) is 0 Å². The van der Waals surface area contributed by atoms with Crippen LogP contribution in [0.5, 0.6) is 0 Å². The van der Waals surface area contributed by atoms with E-state index in [0.717, 1.165) is 19.4 Å². The second kappa shape index (κ2) is 6.89. The molecule has 1 amide bonds. The van der Waals surface area contributed by atoms with Gasteiger partial charge < -0.3 is 15.4 Å². The fourth-order valence-corrected chi connectivity index (χ4v) is 2.98.